The van der Waals surface area contributed by atoms with E-state index in [2.05, 4.69) is 42.0 Å². The molecule has 7 aromatic rings. The summed E-state index contributed by atoms with van der Waals surface area (Å²) in [6.07, 6.45) is 9.16. The fourth-order valence-corrected chi connectivity index (χ4v) is 4.97. The number of H-pyrrole nitrogens is 2. The van der Waals surface area contributed by atoms with Gasteiger partial charge in [0.1, 0.15) is 16.9 Å². The van der Waals surface area contributed by atoms with Gasteiger partial charge in [-0.2, -0.15) is 5.10 Å². The van der Waals surface area contributed by atoms with Crippen LogP contribution in [-0.2, 0) is 6.42 Å². The second kappa shape index (κ2) is 9.83. The van der Waals surface area contributed by atoms with Crippen LogP contribution in [-0.4, -0.2) is 39.7 Å². The van der Waals surface area contributed by atoms with Gasteiger partial charge in [-0.3, -0.25) is 15.1 Å². The SMILES string of the molecule is C=C(Cc1ccccc1)Nc1cncc(-c2ncc3[nH]nc(-c4nc5c(-n6cnc(C)c6)cccc5[nH]4)c3c2F)c1. The summed E-state index contributed by atoms with van der Waals surface area (Å²) in [7, 11) is 0. The number of nitrogens with one attached hydrogen (secondary N) is 3. The first-order chi connectivity index (χ1) is 20.0. The van der Waals surface area contributed by atoms with Gasteiger partial charge >= 0.3 is 0 Å². The monoisotopic (exact) mass is 541 g/mol. The van der Waals surface area contributed by atoms with Crippen molar-refractivity contribution in [3.8, 4) is 28.5 Å². The van der Waals surface area contributed by atoms with Crippen LogP contribution in [0.15, 0.2) is 98.0 Å². The zero-order valence-electron chi connectivity index (χ0n) is 22.1. The Morgan fingerprint density at radius 1 is 1.00 bits per heavy atom. The van der Waals surface area contributed by atoms with E-state index in [-0.39, 0.29) is 5.69 Å². The summed E-state index contributed by atoms with van der Waals surface area (Å²) in [6, 6.07) is 17.7. The number of imidazole rings is 2. The summed E-state index contributed by atoms with van der Waals surface area (Å²) in [5.74, 6) is -0.0726. The number of hydrogen-bond donors (Lipinski definition) is 3. The highest BCUT2D eigenvalue weighted by molar-refractivity contribution is 5.96. The van der Waals surface area contributed by atoms with Crippen molar-refractivity contribution in [3.05, 3.63) is 115 Å². The third kappa shape index (κ3) is 4.51. The van der Waals surface area contributed by atoms with Gasteiger partial charge in [-0.05, 0) is 30.7 Å². The van der Waals surface area contributed by atoms with Gasteiger partial charge < -0.3 is 14.9 Å². The largest absolute Gasteiger partial charge is 0.358 e. The molecule has 200 valence electrons. The molecule has 0 spiro atoms. The van der Waals surface area contributed by atoms with E-state index in [9.17, 15) is 0 Å². The van der Waals surface area contributed by atoms with Crippen molar-refractivity contribution in [3.63, 3.8) is 0 Å². The lowest BCUT2D eigenvalue weighted by Crippen LogP contribution is -2.02. The van der Waals surface area contributed by atoms with E-state index in [0.29, 0.717) is 40.1 Å². The molecule has 0 atom stereocenters. The molecule has 3 N–H and O–H groups in total. The van der Waals surface area contributed by atoms with E-state index in [1.165, 1.54) is 0 Å². The zero-order chi connectivity index (χ0) is 27.9. The van der Waals surface area contributed by atoms with Crippen LogP contribution in [0.3, 0.4) is 0 Å². The molecule has 2 aromatic carbocycles. The van der Waals surface area contributed by atoms with Crippen LogP contribution in [0.1, 0.15) is 11.3 Å². The second-order valence-corrected chi connectivity index (χ2v) is 9.82. The van der Waals surface area contributed by atoms with Gasteiger partial charge in [0.05, 0.1) is 52.2 Å². The topological polar surface area (TPSA) is 113 Å². The van der Waals surface area contributed by atoms with Gasteiger partial charge in [-0.25, -0.2) is 14.4 Å². The first-order valence-electron chi connectivity index (χ1n) is 13.0. The number of aryl methyl sites for hydroxylation is 1. The number of aromatic amines is 2. The molecule has 0 saturated carbocycles. The lowest BCUT2D eigenvalue weighted by atomic mass is 10.1. The van der Waals surface area contributed by atoms with E-state index in [1.807, 2.05) is 66.2 Å². The predicted molar refractivity (Wildman–Crippen MR) is 157 cm³/mol. The van der Waals surface area contributed by atoms with Crippen molar-refractivity contribution < 1.29 is 4.39 Å². The maximum atomic E-state index is 16.2. The van der Waals surface area contributed by atoms with Gasteiger partial charge in [0, 0.05) is 30.1 Å². The van der Waals surface area contributed by atoms with E-state index < -0.39 is 5.82 Å². The standard InChI is InChI=1S/C31H24FN9/c1-18(11-20-7-4-3-5-8-20)36-22-12-21(13-33-14-22)28-27(32)26-24(15-34-28)39-40-30(26)31-37-23-9-6-10-25(29(23)38-31)41-16-19(2)35-17-41/h3-10,12-17,36H,1,11H2,2H3,(H,37,38)(H,39,40). The molecule has 0 fully saturated rings. The van der Waals surface area contributed by atoms with Gasteiger partial charge in [-0.1, -0.05) is 43.0 Å². The number of fused-ring (bicyclic) bond motifs is 2. The van der Waals surface area contributed by atoms with Crippen molar-refractivity contribution in [2.45, 2.75) is 13.3 Å². The van der Waals surface area contributed by atoms with Crippen LogP contribution in [0.5, 0.6) is 0 Å². The van der Waals surface area contributed by atoms with E-state index >= 15 is 4.39 Å². The summed E-state index contributed by atoms with van der Waals surface area (Å²) in [6.45, 7) is 6.06. The normalized spacial score (nSPS) is 11.4. The highest BCUT2D eigenvalue weighted by atomic mass is 19.1. The summed E-state index contributed by atoms with van der Waals surface area (Å²) in [5, 5.41) is 10.9. The van der Waals surface area contributed by atoms with E-state index in [0.717, 1.165) is 33.7 Å². The maximum Gasteiger partial charge on any atom is 0.161 e. The third-order valence-electron chi connectivity index (χ3n) is 6.84. The molecule has 0 radical (unpaired) electrons. The van der Waals surface area contributed by atoms with Crippen LogP contribution in [0.4, 0.5) is 10.1 Å². The Hall–Kier alpha value is -5.64. The lowest BCUT2D eigenvalue weighted by Gasteiger charge is -2.11. The minimum absolute atomic E-state index is 0.163. The molecule has 0 unspecified atom stereocenters. The van der Waals surface area contributed by atoms with Crippen LogP contribution in [0.25, 0.3) is 50.4 Å². The quantitative estimate of drug-likeness (QED) is 0.216. The Morgan fingerprint density at radius 3 is 2.71 bits per heavy atom. The summed E-state index contributed by atoms with van der Waals surface area (Å²) >= 11 is 0. The molecule has 5 aromatic heterocycles. The molecule has 0 amide bonds. The number of nitrogens with zero attached hydrogens (tertiary/aromatic N) is 6. The van der Waals surface area contributed by atoms with Crippen molar-refractivity contribution in [2.75, 3.05) is 5.32 Å². The van der Waals surface area contributed by atoms with Crippen LogP contribution in [0, 0.1) is 12.7 Å². The van der Waals surface area contributed by atoms with Crippen molar-refractivity contribution in [1.29, 1.82) is 0 Å². The highest BCUT2D eigenvalue weighted by Crippen LogP contribution is 2.33. The minimum atomic E-state index is -0.515. The van der Waals surface area contributed by atoms with Gasteiger partial charge in [-0.15, -0.1) is 0 Å². The molecule has 0 bridgehead atoms. The average Bonchev–Trinajstić information content (AvgIpc) is 3.72. The average molecular weight is 542 g/mol. The Labute approximate surface area is 233 Å². The summed E-state index contributed by atoms with van der Waals surface area (Å²) < 4.78 is 18.1. The van der Waals surface area contributed by atoms with Crippen molar-refractivity contribution in [2.24, 2.45) is 0 Å². The van der Waals surface area contributed by atoms with Crippen LogP contribution < -0.4 is 5.32 Å². The Balaban J connectivity index is 1.24. The second-order valence-electron chi connectivity index (χ2n) is 9.82. The number of anilines is 1. The minimum Gasteiger partial charge on any atom is -0.358 e. The molecule has 7 rings (SSSR count). The Morgan fingerprint density at radius 2 is 1.88 bits per heavy atom. The van der Waals surface area contributed by atoms with Crippen molar-refractivity contribution >= 4 is 27.6 Å². The third-order valence-corrected chi connectivity index (χ3v) is 6.84. The first kappa shape index (κ1) is 24.4. The van der Waals surface area contributed by atoms with Crippen molar-refractivity contribution in [1.82, 2.24) is 39.7 Å². The molecule has 0 aliphatic carbocycles. The molecule has 0 aliphatic rings. The van der Waals surface area contributed by atoms with Crippen LogP contribution >= 0.6 is 0 Å². The van der Waals surface area contributed by atoms with Gasteiger partial charge in [0.25, 0.3) is 0 Å². The zero-order valence-corrected chi connectivity index (χ0v) is 22.1. The molecule has 9 nitrogen and oxygen atoms in total. The number of pyridine rings is 2. The predicted octanol–water partition coefficient (Wildman–Crippen LogP) is 6.36. The van der Waals surface area contributed by atoms with E-state index in [4.69, 9.17) is 4.98 Å². The summed E-state index contributed by atoms with van der Waals surface area (Å²) in [5.41, 5.74) is 7.42. The number of benzene rings is 2. The number of hydrogen-bond acceptors (Lipinski definition) is 6. The fourth-order valence-electron chi connectivity index (χ4n) is 4.97. The molecule has 0 saturated heterocycles. The number of para-hydroxylation sites is 1. The lowest BCUT2D eigenvalue weighted by molar-refractivity contribution is 0.638. The number of halogens is 1. The fraction of sp³-hybridized carbons (Fsp3) is 0.0645. The smallest absolute Gasteiger partial charge is 0.161 e. The molecule has 41 heavy (non-hydrogen) atoms. The number of aromatic nitrogens is 8. The number of allylic oxidation sites excluding steroid dienone is 1. The molecule has 10 heteroatoms. The van der Waals surface area contributed by atoms with Gasteiger partial charge in [0.2, 0.25) is 0 Å². The molecular weight excluding hydrogens is 517 g/mol. The molecule has 5 heterocycles. The van der Waals surface area contributed by atoms with Crippen LogP contribution in [0.2, 0.25) is 0 Å². The maximum absolute atomic E-state index is 16.2. The Kier molecular flexibility index (Phi) is 5.85. The first-order valence-corrected chi connectivity index (χ1v) is 13.0. The highest BCUT2D eigenvalue weighted by Gasteiger charge is 2.21. The van der Waals surface area contributed by atoms with E-state index in [1.54, 1.807) is 31.0 Å². The Bertz CT molecular complexity index is 2050. The molecular formula is C31H24FN9. The summed E-state index contributed by atoms with van der Waals surface area (Å²) in [4.78, 5) is 21.1. The van der Waals surface area contributed by atoms with Gasteiger partial charge in [0.15, 0.2) is 11.6 Å². The number of rotatable bonds is 7. The molecule has 0 aliphatic heterocycles.